The summed E-state index contributed by atoms with van der Waals surface area (Å²) in [5.74, 6) is -1.10. The minimum Gasteiger partial charge on any atom is -0.380 e. The van der Waals surface area contributed by atoms with E-state index in [0.717, 1.165) is 24.8 Å². The number of benzene rings is 2. The van der Waals surface area contributed by atoms with E-state index in [1.54, 1.807) is 25.1 Å². The van der Waals surface area contributed by atoms with Gasteiger partial charge in [-0.1, -0.05) is 43.3 Å². The van der Waals surface area contributed by atoms with E-state index in [1.165, 1.54) is 11.1 Å². The third-order valence-corrected chi connectivity index (χ3v) is 6.17. The molecule has 0 spiro atoms. The third-order valence-electron chi connectivity index (χ3n) is 6.17. The van der Waals surface area contributed by atoms with Gasteiger partial charge in [0, 0.05) is 23.2 Å². The second-order valence-corrected chi connectivity index (χ2v) is 8.88. The molecule has 2 aromatic carbocycles. The maximum atomic E-state index is 12.8. The molecule has 0 aromatic heterocycles. The minimum atomic E-state index is -0.765. The number of nitrogens with one attached hydrogen (secondary N) is 1. The highest BCUT2D eigenvalue weighted by atomic mass is 16.6. The zero-order valence-electron chi connectivity index (χ0n) is 18.0. The second kappa shape index (κ2) is 8.10. The topological polar surface area (TPSA) is 84.8 Å². The average molecular weight is 418 g/mol. The summed E-state index contributed by atoms with van der Waals surface area (Å²) in [4.78, 5) is 41.8. The molecule has 1 heterocycles. The molecule has 0 bridgehead atoms. The second-order valence-electron chi connectivity index (χ2n) is 8.88. The van der Waals surface area contributed by atoms with Gasteiger partial charge in [-0.05, 0) is 60.4 Å². The van der Waals surface area contributed by atoms with E-state index in [2.05, 4.69) is 22.6 Å². The van der Waals surface area contributed by atoms with Crippen LogP contribution in [0.5, 0.6) is 0 Å². The molecule has 1 aliphatic heterocycles. The number of anilines is 1. The summed E-state index contributed by atoms with van der Waals surface area (Å²) >= 11 is 0. The fourth-order valence-electron chi connectivity index (χ4n) is 4.57. The van der Waals surface area contributed by atoms with Gasteiger partial charge in [0.05, 0.1) is 5.71 Å². The van der Waals surface area contributed by atoms with Crippen LogP contribution in [0.2, 0.25) is 0 Å². The summed E-state index contributed by atoms with van der Waals surface area (Å²) in [6.07, 6.45) is 3.27. The van der Waals surface area contributed by atoms with Gasteiger partial charge in [0.15, 0.2) is 6.29 Å². The Morgan fingerprint density at radius 2 is 2.03 bits per heavy atom. The Bertz CT molecular complexity index is 1100. The van der Waals surface area contributed by atoms with Crippen LogP contribution in [0.4, 0.5) is 5.69 Å². The number of ketones is 1. The maximum Gasteiger partial charge on any atom is 0.291 e. The van der Waals surface area contributed by atoms with Crippen molar-refractivity contribution in [1.29, 1.82) is 0 Å². The van der Waals surface area contributed by atoms with E-state index < -0.39 is 23.2 Å². The van der Waals surface area contributed by atoms with E-state index >= 15 is 0 Å². The summed E-state index contributed by atoms with van der Waals surface area (Å²) in [6.45, 7) is 5.80. The Kier molecular flexibility index (Phi) is 5.48. The molecular weight excluding hydrogens is 392 g/mol. The molecule has 31 heavy (non-hydrogen) atoms. The molecule has 0 saturated heterocycles. The first-order valence-corrected chi connectivity index (χ1v) is 10.6. The van der Waals surface area contributed by atoms with Crippen LogP contribution in [0.15, 0.2) is 41.6 Å². The first-order valence-electron chi connectivity index (χ1n) is 10.6. The standard InChI is InChI=1S/C25H26N2O4/c1-15-20-12-17(10-11-19(20)23(14-28)31-27-15)26-24(30)22(29)13-25(2,3)21-9-5-7-16-6-4-8-18(16)21/h5,7,9-12,14,23H,4,6,8,13H2,1-3H3,(H,26,30). The van der Waals surface area contributed by atoms with Crippen molar-refractivity contribution in [1.82, 2.24) is 0 Å². The monoisotopic (exact) mass is 418 g/mol. The molecule has 4 rings (SSSR count). The highest BCUT2D eigenvalue weighted by molar-refractivity contribution is 6.40. The lowest BCUT2D eigenvalue weighted by atomic mass is 9.77. The van der Waals surface area contributed by atoms with Crippen molar-refractivity contribution in [2.24, 2.45) is 5.16 Å². The number of hydrogen-bond acceptors (Lipinski definition) is 5. The summed E-state index contributed by atoms with van der Waals surface area (Å²) in [6, 6.07) is 11.4. The van der Waals surface area contributed by atoms with Crippen molar-refractivity contribution in [3.63, 3.8) is 0 Å². The average Bonchev–Trinajstić information content (AvgIpc) is 3.23. The third kappa shape index (κ3) is 4.02. The number of Topliss-reactive ketones (excluding diaryl/α,β-unsaturated/α-hetero) is 1. The number of oxime groups is 1. The van der Waals surface area contributed by atoms with E-state index in [0.29, 0.717) is 28.8 Å². The number of carbonyl (C=O) groups excluding carboxylic acids is 3. The number of hydrogen-bond donors (Lipinski definition) is 1. The summed E-state index contributed by atoms with van der Waals surface area (Å²) in [7, 11) is 0. The van der Waals surface area contributed by atoms with Gasteiger partial charge in [-0.2, -0.15) is 0 Å². The van der Waals surface area contributed by atoms with Crippen LogP contribution >= 0.6 is 0 Å². The predicted octanol–water partition coefficient (Wildman–Crippen LogP) is 4.05. The lowest BCUT2D eigenvalue weighted by Gasteiger charge is -2.27. The summed E-state index contributed by atoms with van der Waals surface area (Å²) < 4.78 is 0. The van der Waals surface area contributed by atoms with Crippen LogP contribution in [0.1, 0.15) is 67.5 Å². The highest BCUT2D eigenvalue weighted by Crippen LogP contribution is 2.36. The lowest BCUT2D eigenvalue weighted by molar-refractivity contribution is -0.135. The van der Waals surface area contributed by atoms with Crippen LogP contribution in [-0.2, 0) is 37.5 Å². The molecule has 6 nitrogen and oxygen atoms in total. The van der Waals surface area contributed by atoms with Gasteiger partial charge in [-0.25, -0.2) is 0 Å². The first-order chi connectivity index (χ1) is 14.8. The van der Waals surface area contributed by atoms with Crippen molar-refractivity contribution in [3.8, 4) is 0 Å². The first kappa shape index (κ1) is 21.0. The minimum absolute atomic E-state index is 0.127. The van der Waals surface area contributed by atoms with E-state index in [1.807, 2.05) is 19.9 Å². The van der Waals surface area contributed by atoms with Crippen molar-refractivity contribution in [2.45, 2.75) is 58.0 Å². The molecule has 0 radical (unpaired) electrons. The smallest absolute Gasteiger partial charge is 0.291 e. The lowest BCUT2D eigenvalue weighted by Crippen LogP contribution is -2.31. The predicted molar refractivity (Wildman–Crippen MR) is 118 cm³/mol. The van der Waals surface area contributed by atoms with Crippen molar-refractivity contribution in [2.75, 3.05) is 5.32 Å². The summed E-state index contributed by atoms with van der Waals surface area (Å²) in [5.41, 5.74) is 5.90. The molecule has 6 heteroatoms. The van der Waals surface area contributed by atoms with E-state index in [9.17, 15) is 14.4 Å². The Morgan fingerprint density at radius 1 is 1.23 bits per heavy atom. The van der Waals surface area contributed by atoms with Gasteiger partial charge in [-0.3, -0.25) is 14.4 Å². The number of rotatable bonds is 6. The maximum absolute atomic E-state index is 12.8. The van der Waals surface area contributed by atoms with Gasteiger partial charge in [-0.15, -0.1) is 0 Å². The molecular formula is C25H26N2O4. The molecule has 1 atom stereocenters. The van der Waals surface area contributed by atoms with Gasteiger partial charge < -0.3 is 10.2 Å². The van der Waals surface area contributed by atoms with Crippen LogP contribution in [0.25, 0.3) is 0 Å². The molecule has 2 aromatic rings. The molecule has 160 valence electrons. The number of fused-ring (bicyclic) bond motifs is 2. The zero-order chi connectivity index (χ0) is 22.2. The number of carbonyl (C=O) groups is 3. The van der Waals surface area contributed by atoms with Gasteiger partial charge in [0.2, 0.25) is 11.9 Å². The zero-order valence-corrected chi connectivity index (χ0v) is 18.0. The van der Waals surface area contributed by atoms with Crippen molar-refractivity contribution < 1.29 is 19.2 Å². The molecule has 0 saturated carbocycles. The molecule has 1 amide bonds. The van der Waals surface area contributed by atoms with Crippen LogP contribution in [-0.4, -0.2) is 23.7 Å². The highest BCUT2D eigenvalue weighted by Gasteiger charge is 2.31. The molecule has 0 fully saturated rings. The SMILES string of the molecule is CC1=NOC(C=O)c2ccc(NC(=O)C(=O)CC(C)(C)c3cccc4c3CCC4)cc21. The normalized spacial score (nSPS) is 17.1. The van der Waals surface area contributed by atoms with Crippen molar-refractivity contribution in [3.05, 3.63) is 64.2 Å². The fraction of sp³-hybridized carbons (Fsp3) is 0.360. The quantitative estimate of drug-likeness (QED) is 0.567. The number of aryl methyl sites for hydroxylation is 1. The van der Waals surface area contributed by atoms with E-state index in [-0.39, 0.29) is 6.42 Å². The Hall–Kier alpha value is -3.28. The Morgan fingerprint density at radius 3 is 2.81 bits per heavy atom. The molecule has 1 N–H and O–H groups in total. The molecule has 1 aliphatic carbocycles. The van der Waals surface area contributed by atoms with Crippen molar-refractivity contribution >= 4 is 29.4 Å². The number of amides is 1. The van der Waals surface area contributed by atoms with Gasteiger partial charge in [0.1, 0.15) is 0 Å². The van der Waals surface area contributed by atoms with Gasteiger partial charge in [0.25, 0.3) is 5.91 Å². The van der Waals surface area contributed by atoms with Crippen LogP contribution < -0.4 is 5.32 Å². The Labute approximate surface area is 181 Å². The fourth-order valence-corrected chi connectivity index (χ4v) is 4.57. The Balaban J connectivity index is 1.49. The van der Waals surface area contributed by atoms with Crippen LogP contribution in [0.3, 0.4) is 0 Å². The summed E-state index contributed by atoms with van der Waals surface area (Å²) in [5, 5.41) is 6.59. The molecule has 1 unspecified atom stereocenters. The number of nitrogens with zero attached hydrogens (tertiary/aromatic N) is 1. The van der Waals surface area contributed by atoms with E-state index in [4.69, 9.17) is 4.84 Å². The van der Waals surface area contributed by atoms with Crippen LogP contribution in [0, 0.1) is 0 Å². The molecule has 2 aliphatic rings. The number of aldehydes is 1. The largest absolute Gasteiger partial charge is 0.380 e. The van der Waals surface area contributed by atoms with Gasteiger partial charge >= 0.3 is 0 Å².